The predicted molar refractivity (Wildman–Crippen MR) is 270 cm³/mol. The molecular weight excluding hydrogens is 887 g/mol. The van der Waals surface area contributed by atoms with Crippen molar-refractivity contribution in [2.75, 3.05) is 33.4 Å². The molecule has 2 fully saturated rings. The van der Waals surface area contributed by atoms with Crippen LogP contribution in [0.1, 0.15) is 154 Å². The smallest absolute Gasteiger partial charge is 0.246 e. The summed E-state index contributed by atoms with van der Waals surface area (Å²) in [7, 11) is 1.70. The Balaban J connectivity index is 0.984. The zero-order valence-electron chi connectivity index (χ0n) is 43.7. The van der Waals surface area contributed by atoms with Crippen molar-refractivity contribution in [3.8, 4) is 0 Å². The van der Waals surface area contributed by atoms with Crippen LogP contribution in [0.2, 0.25) is 0 Å². The summed E-state index contributed by atoms with van der Waals surface area (Å²) < 4.78 is 13.1. The SMILES string of the molecule is CC[C@@H](C)C(=O)N[C@H](C(=O)N1CCCC1C(=O)N[C@H]1c2ccccc2C[C@H]1OCCCCCCO[C@@H]1Cc2ccccc2[C@@H]1NC(=O)[C@@H]1CCCN1C(=O)[C@@H](NC(=O)[C@H](C)NC)C(C)(C)C)C(C)(C)C. The maximum atomic E-state index is 14.1. The van der Waals surface area contributed by atoms with Crippen LogP contribution >= 0.6 is 0 Å². The third-order valence-corrected chi connectivity index (χ3v) is 15.0. The van der Waals surface area contributed by atoms with E-state index in [0.29, 0.717) is 71.2 Å². The highest BCUT2D eigenvalue weighted by Gasteiger charge is 2.46. The lowest BCUT2D eigenvalue weighted by atomic mass is 9.85. The average molecular weight is 970 g/mol. The van der Waals surface area contributed by atoms with Gasteiger partial charge in [0.15, 0.2) is 0 Å². The van der Waals surface area contributed by atoms with E-state index in [4.69, 9.17) is 9.47 Å². The molecule has 2 saturated heterocycles. The summed E-state index contributed by atoms with van der Waals surface area (Å²) in [5, 5.41) is 15.5. The topological polar surface area (TPSA) is 188 Å². The van der Waals surface area contributed by atoms with E-state index in [1.807, 2.05) is 91.8 Å². The first-order valence-electron chi connectivity index (χ1n) is 26.1. The molecule has 15 heteroatoms. The number of benzene rings is 2. The van der Waals surface area contributed by atoms with Crippen molar-refractivity contribution in [1.82, 2.24) is 36.4 Å². The number of amides is 6. The van der Waals surface area contributed by atoms with E-state index >= 15 is 0 Å². The van der Waals surface area contributed by atoms with E-state index in [1.165, 1.54) is 0 Å². The third-order valence-electron chi connectivity index (χ3n) is 15.0. The molecule has 2 aliphatic heterocycles. The molecule has 6 amide bonds. The Bertz CT molecular complexity index is 2000. The van der Waals surface area contributed by atoms with Gasteiger partial charge in [-0.05, 0) is 92.0 Å². The number of likely N-dealkylation sites (tertiary alicyclic amines) is 2. The van der Waals surface area contributed by atoms with Crippen LogP contribution in [0, 0.1) is 16.7 Å². The van der Waals surface area contributed by atoms with E-state index in [0.717, 1.165) is 47.9 Å². The zero-order valence-corrected chi connectivity index (χ0v) is 43.7. The Morgan fingerprint density at radius 2 is 1.04 bits per heavy atom. The van der Waals surface area contributed by atoms with E-state index in [1.54, 1.807) is 23.8 Å². The van der Waals surface area contributed by atoms with Crippen molar-refractivity contribution in [2.24, 2.45) is 16.7 Å². The number of carbonyl (C=O) groups is 6. The van der Waals surface area contributed by atoms with Gasteiger partial charge < -0.3 is 45.9 Å². The molecular formula is C55H83N7O8. The van der Waals surface area contributed by atoms with Crippen molar-refractivity contribution < 1.29 is 38.2 Å². The molecule has 6 rings (SSSR count). The fraction of sp³-hybridized carbons (Fsp3) is 0.673. The molecule has 0 spiro atoms. The van der Waals surface area contributed by atoms with Crippen LogP contribution in [0.5, 0.6) is 0 Å². The molecule has 386 valence electrons. The molecule has 2 aromatic rings. The first-order chi connectivity index (χ1) is 33.2. The molecule has 2 heterocycles. The molecule has 2 aliphatic carbocycles. The molecule has 1 unspecified atom stereocenters. The summed E-state index contributed by atoms with van der Waals surface area (Å²) in [6.07, 6.45) is 7.58. The Hall–Kier alpha value is -4.86. The van der Waals surface area contributed by atoms with Crippen LogP contribution in [0.25, 0.3) is 0 Å². The minimum absolute atomic E-state index is 0.155. The molecule has 0 aromatic heterocycles. The van der Waals surface area contributed by atoms with Crippen LogP contribution in [0.15, 0.2) is 48.5 Å². The highest BCUT2D eigenvalue weighted by Crippen LogP contribution is 2.37. The van der Waals surface area contributed by atoms with Crippen LogP contribution in [-0.2, 0) is 51.1 Å². The highest BCUT2D eigenvalue weighted by molar-refractivity contribution is 5.95. The van der Waals surface area contributed by atoms with Gasteiger partial charge in [-0.3, -0.25) is 28.8 Å². The number of rotatable bonds is 21. The zero-order chi connectivity index (χ0) is 50.9. The monoisotopic (exact) mass is 970 g/mol. The predicted octanol–water partition coefficient (Wildman–Crippen LogP) is 5.84. The lowest BCUT2D eigenvalue weighted by Crippen LogP contribution is -2.59. The van der Waals surface area contributed by atoms with Gasteiger partial charge in [-0.1, -0.05) is 117 Å². The largest absolute Gasteiger partial charge is 0.375 e. The molecule has 15 nitrogen and oxygen atoms in total. The van der Waals surface area contributed by atoms with Crippen LogP contribution in [-0.4, -0.2) is 121 Å². The number of hydrogen-bond acceptors (Lipinski definition) is 9. The fourth-order valence-electron chi connectivity index (χ4n) is 10.4. The number of nitrogens with one attached hydrogen (secondary N) is 5. The molecule has 2 aromatic carbocycles. The number of ether oxygens (including phenoxy) is 2. The van der Waals surface area contributed by atoms with Gasteiger partial charge in [0.25, 0.3) is 0 Å². The van der Waals surface area contributed by atoms with Crippen molar-refractivity contribution in [1.29, 1.82) is 0 Å². The van der Waals surface area contributed by atoms with Crippen LogP contribution < -0.4 is 26.6 Å². The van der Waals surface area contributed by atoms with E-state index < -0.39 is 41.0 Å². The highest BCUT2D eigenvalue weighted by atomic mass is 16.5. The van der Waals surface area contributed by atoms with Crippen LogP contribution in [0.4, 0.5) is 0 Å². The van der Waals surface area contributed by atoms with E-state index in [9.17, 15) is 28.8 Å². The second-order valence-corrected chi connectivity index (χ2v) is 22.3. The molecule has 5 N–H and O–H groups in total. The normalized spacial score (nSPS) is 23.7. The van der Waals surface area contributed by atoms with Crippen molar-refractivity contribution >= 4 is 35.4 Å². The lowest BCUT2D eigenvalue weighted by Gasteiger charge is -2.36. The maximum Gasteiger partial charge on any atom is 0.246 e. The summed E-state index contributed by atoms with van der Waals surface area (Å²) in [4.78, 5) is 85.6. The minimum atomic E-state index is -0.790. The van der Waals surface area contributed by atoms with Gasteiger partial charge >= 0.3 is 0 Å². The van der Waals surface area contributed by atoms with Gasteiger partial charge in [-0.2, -0.15) is 0 Å². The van der Waals surface area contributed by atoms with Gasteiger partial charge in [-0.25, -0.2) is 0 Å². The fourth-order valence-corrected chi connectivity index (χ4v) is 10.4. The van der Waals surface area contributed by atoms with Gasteiger partial charge in [0.05, 0.1) is 30.3 Å². The number of carbonyl (C=O) groups excluding carboxylic acids is 6. The van der Waals surface area contributed by atoms with Gasteiger partial charge in [0.1, 0.15) is 24.2 Å². The standard InChI is InChI=1S/C55H83N7O8/c1-11-34(2)48(63)59-46(54(4,5)6)52(67)61-28-20-26-40(61)50(65)57-44-38-24-16-14-22-36(38)32-42(44)69-30-18-12-13-19-31-70-43-33-37-23-15-17-25-39(37)45(43)58-51(66)41-27-21-29-62(41)53(68)47(55(7,8)9)60-49(64)35(3)56-10/h14-17,22-25,34-35,40-47,56H,11-13,18-21,26-33H2,1-10H3,(H,57,65)(H,58,66)(H,59,63)(H,60,64)/t34-,35+,40?,41+,42-,43-,44+,45+,46-,47-/m1/s1. The Kier molecular flexibility index (Phi) is 18.7. The van der Waals surface area contributed by atoms with Gasteiger partial charge in [-0.15, -0.1) is 0 Å². The molecule has 0 bridgehead atoms. The van der Waals surface area contributed by atoms with Crippen molar-refractivity contribution in [2.45, 2.75) is 187 Å². The van der Waals surface area contributed by atoms with E-state index in [-0.39, 0.29) is 65.7 Å². The Labute approximate surface area is 417 Å². The number of fused-ring (bicyclic) bond motifs is 2. The number of nitrogens with zero attached hydrogens (tertiary/aromatic N) is 2. The molecule has 70 heavy (non-hydrogen) atoms. The van der Waals surface area contributed by atoms with Gasteiger partial charge in [0, 0.05) is 45.1 Å². The minimum Gasteiger partial charge on any atom is -0.375 e. The van der Waals surface area contributed by atoms with Crippen molar-refractivity contribution in [3.63, 3.8) is 0 Å². The summed E-state index contributed by atoms with van der Waals surface area (Å²) >= 11 is 0. The lowest BCUT2D eigenvalue weighted by molar-refractivity contribution is -0.144. The Morgan fingerprint density at radius 3 is 1.44 bits per heavy atom. The number of unbranched alkanes of at least 4 members (excludes halogenated alkanes) is 3. The summed E-state index contributed by atoms with van der Waals surface area (Å²) in [6, 6.07) is 12.2. The van der Waals surface area contributed by atoms with Crippen LogP contribution in [0.3, 0.4) is 0 Å². The molecule has 10 atom stereocenters. The first-order valence-corrected chi connectivity index (χ1v) is 26.1. The summed E-state index contributed by atoms with van der Waals surface area (Å²) in [6.45, 7) is 19.1. The second-order valence-electron chi connectivity index (χ2n) is 22.3. The first kappa shape index (κ1) is 54.5. The van der Waals surface area contributed by atoms with E-state index in [2.05, 4.69) is 38.7 Å². The second kappa shape index (κ2) is 24.0. The molecule has 0 saturated carbocycles. The molecule has 4 aliphatic rings. The average Bonchev–Trinajstić information content (AvgIpc) is 4.15. The number of hydrogen-bond donors (Lipinski definition) is 5. The third kappa shape index (κ3) is 13.2. The number of likely N-dealkylation sites (N-methyl/N-ethyl adjacent to an activating group) is 1. The quantitative estimate of drug-likeness (QED) is 0.0959. The van der Waals surface area contributed by atoms with Gasteiger partial charge in [0.2, 0.25) is 35.4 Å². The maximum absolute atomic E-state index is 14.1. The summed E-state index contributed by atoms with van der Waals surface area (Å²) in [5.41, 5.74) is 3.24. The van der Waals surface area contributed by atoms with Crippen molar-refractivity contribution in [3.05, 3.63) is 70.8 Å². The Morgan fingerprint density at radius 1 is 0.629 bits per heavy atom. The summed E-state index contributed by atoms with van der Waals surface area (Å²) in [5.74, 6) is -1.51. The molecule has 0 radical (unpaired) electrons.